The van der Waals surface area contributed by atoms with E-state index in [1.54, 1.807) is 0 Å². The van der Waals surface area contributed by atoms with Crippen molar-refractivity contribution in [3.63, 3.8) is 0 Å². The maximum Gasteiger partial charge on any atom is 0.163 e. The molecule has 0 unspecified atom stereocenters. The normalized spacial score (nSPS) is 10.9. The molecule has 0 aliphatic carbocycles. The van der Waals surface area contributed by atoms with E-state index in [0.717, 1.165) is 52.1 Å². The number of aryl methyl sites for hydroxylation is 4. The standard InChI is InChI=1S/C28H35ClO2/c1-6-8-9-25(30)14-10-19(3)26-18-27(21(5)16-20(26)4)28(31)15-12-23-11-13-24(29)17-22(23)7-2/h11,13,16-18H,3,6-10,12,14-15H2,1-2,4-5H3. The third kappa shape index (κ3) is 7.18. The highest BCUT2D eigenvalue weighted by molar-refractivity contribution is 6.30. The van der Waals surface area contributed by atoms with Gasteiger partial charge in [0.2, 0.25) is 0 Å². The molecule has 0 saturated carbocycles. The fraction of sp³-hybridized carbons (Fsp3) is 0.429. The van der Waals surface area contributed by atoms with Gasteiger partial charge in [0.25, 0.3) is 0 Å². The molecule has 0 fully saturated rings. The number of rotatable bonds is 12. The Balaban J connectivity index is 2.11. The summed E-state index contributed by atoms with van der Waals surface area (Å²) in [4.78, 5) is 25.1. The third-order valence-corrected chi connectivity index (χ3v) is 6.17. The molecule has 0 aromatic heterocycles. The molecule has 2 aromatic rings. The van der Waals surface area contributed by atoms with Crippen LogP contribution < -0.4 is 0 Å². The van der Waals surface area contributed by atoms with Gasteiger partial charge in [-0.1, -0.05) is 50.6 Å². The average Bonchev–Trinajstić information content (AvgIpc) is 2.74. The Morgan fingerprint density at radius 2 is 1.58 bits per heavy atom. The number of Topliss-reactive ketones (excluding diaryl/α,β-unsaturated/α-hetero) is 2. The third-order valence-electron chi connectivity index (χ3n) is 5.94. The van der Waals surface area contributed by atoms with E-state index < -0.39 is 0 Å². The van der Waals surface area contributed by atoms with Crippen LogP contribution in [0.3, 0.4) is 0 Å². The van der Waals surface area contributed by atoms with Crippen molar-refractivity contribution in [1.29, 1.82) is 0 Å². The molecule has 2 rings (SSSR count). The molecule has 166 valence electrons. The van der Waals surface area contributed by atoms with E-state index in [2.05, 4.69) is 26.5 Å². The first kappa shape index (κ1) is 25.1. The van der Waals surface area contributed by atoms with Crippen molar-refractivity contribution in [2.24, 2.45) is 0 Å². The summed E-state index contributed by atoms with van der Waals surface area (Å²) in [5, 5.41) is 0.734. The minimum absolute atomic E-state index is 0.141. The molecule has 0 saturated heterocycles. The van der Waals surface area contributed by atoms with Crippen molar-refractivity contribution < 1.29 is 9.59 Å². The van der Waals surface area contributed by atoms with Gasteiger partial charge < -0.3 is 0 Å². The molecule has 0 amide bonds. The van der Waals surface area contributed by atoms with Crippen molar-refractivity contribution in [2.45, 2.75) is 79.1 Å². The molecule has 0 aliphatic heterocycles. The quantitative estimate of drug-likeness (QED) is 0.315. The highest BCUT2D eigenvalue weighted by Crippen LogP contribution is 2.27. The number of ketones is 2. The molecule has 3 heteroatoms. The van der Waals surface area contributed by atoms with E-state index >= 15 is 0 Å². The summed E-state index contributed by atoms with van der Waals surface area (Å²) in [6, 6.07) is 9.95. The van der Waals surface area contributed by atoms with Crippen LogP contribution in [-0.4, -0.2) is 11.6 Å². The van der Waals surface area contributed by atoms with Crippen LogP contribution in [0.4, 0.5) is 0 Å². The summed E-state index contributed by atoms with van der Waals surface area (Å²) in [6.07, 6.45) is 5.84. The number of hydrogen-bond acceptors (Lipinski definition) is 2. The zero-order valence-corrected chi connectivity index (χ0v) is 20.2. The van der Waals surface area contributed by atoms with Gasteiger partial charge in [0.15, 0.2) is 5.78 Å². The highest BCUT2D eigenvalue weighted by Gasteiger charge is 2.15. The Labute approximate surface area is 192 Å². The summed E-state index contributed by atoms with van der Waals surface area (Å²) in [6.45, 7) is 12.4. The van der Waals surface area contributed by atoms with Gasteiger partial charge in [-0.2, -0.15) is 0 Å². The zero-order valence-electron chi connectivity index (χ0n) is 19.4. The Morgan fingerprint density at radius 1 is 0.871 bits per heavy atom. The first-order valence-corrected chi connectivity index (χ1v) is 11.8. The SMILES string of the molecule is C=C(CCC(=O)CCCC)c1cc(C(=O)CCc2ccc(Cl)cc2CC)c(C)cc1C. The molecule has 0 spiro atoms. The minimum Gasteiger partial charge on any atom is -0.300 e. The van der Waals surface area contributed by atoms with E-state index in [1.807, 2.05) is 38.1 Å². The number of carbonyl (C=O) groups excluding carboxylic acids is 2. The monoisotopic (exact) mass is 438 g/mol. The van der Waals surface area contributed by atoms with E-state index in [1.165, 1.54) is 11.1 Å². The summed E-state index contributed by atoms with van der Waals surface area (Å²) < 4.78 is 0. The summed E-state index contributed by atoms with van der Waals surface area (Å²) in [7, 11) is 0. The zero-order chi connectivity index (χ0) is 23.0. The Hall–Kier alpha value is -2.19. The first-order valence-electron chi connectivity index (χ1n) is 11.4. The van der Waals surface area contributed by atoms with Crippen LogP contribution in [0.5, 0.6) is 0 Å². The van der Waals surface area contributed by atoms with Crippen LogP contribution in [0.25, 0.3) is 5.57 Å². The van der Waals surface area contributed by atoms with Crippen LogP contribution in [0.15, 0.2) is 36.9 Å². The fourth-order valence-electron chi connectivity index (χ4n) is 4.01. The lowest BCUT2D eigenvalue weighted by atomic mass is 9.90. The lowest BCUT2D eigenvalue weighted by Gasteiger charge is -2.14. The number of halogens is 1. The Morgan fingerprint density at radius 3 is 2.26 bits per heavy atom. The minimum atomic E-state index is 0.141. The van der Waals surface area contributed by atoms with Crippen molar-refractivity contribution in [2.75, 3.05) is 0 Å². The number of allylic oxidation sites excluding steroid dienone is 1. The molecule has 2 nitrogen and oxygen atoms in total. The molecular formula is C28H35ClO2. The molecule has 0 aliphatic rings. The predicted octanol–water partition coefficient (Wildman–Crippen LogP) is 7.89. The van der Waals surface area contributed by atoms with Gasteiger partial charge in [0.1, 0.15) is 5.78 Å². The second-order valence-electron chi connectivity index (χ2n) is 8.42. The smallest absolute Gasteiger partial charge is 0.163 e. The summed E-state index contributed by atoms with van der Waals surface area (Å²) >= 11 is 6.11. The van der Waals surface area contributed by atoms with E-state index in [0.29, 0.717) is 37.9 Å². The average molecular weight is 439 g/mol. The molecule has 31 heavy (non-hydrogen) atoms. The largest absolute Gasteiger partial charge is 0.300 e. The van der Waals surface area contributed by atoms with E-state index in [-0.39, 0.29) is 5.78 Å². The van der Waals surface area contributed by atoms with Crippen molar-refractivity contribution in [3.8, 4) is 0 Å². The van der Waals surface area contributed by atoms with Crippen LogP contribution in [0.1, 0.15) is 90.5 Å². The number of carbonyl (C=O) groups is 2. The highest BCUT2D eigenvalue weighted by atomic mass is 35.5. The van der Waals surface area contributed by atoms with Crippen LogP contribution in [-0.2, 0) is 17.6 Å². The lowest BCUT2D eigenvalue weighted by Crippen LogP contribution is -2.07. The Bertz CT molecular complexity index is 956. The van der Waals surface area contributed by atoms with Gasteiger partial charge in [0.05, 0.1) is 0 Å². The van der Waals surface area contributed by atoms with Crippen LogP contribution >= 0.6 is 11.6 Å². The van der Waals surface area contributed by atoms with Gasteiger partial charge in [-0.15, -0.1) is 0 Å². The van der Waals surface area contributed by atoms with Gasteiger partial charge in [0, 0.05) is 29.8 Å². The topological polar surface area (TPSA) is 34.1 Å². The number of hydrogen-bond donors (Lipinski definition) is 0. The number of unbranched alkanes of at least 4 members (excludes halogenated alkanes) is 1. The molecule has 2 aromatic carbocycles. The van der Waals surface area contributed by atoms with Gasteiger partial charge >= 0.3 is 0 Å². The predicted molar refractivity (Wildman–Crippen MR) is 132 cm³/mol. The Kier molecular flexibility index (Phi) is 9.71. The number of benzene rings is 2. The molecule has 0 atom stereocenters. The molecule has 0 heterocycles. The van der Waals surface area contributed by atoms with Crippen LogP contribution in [0, 0.1) is 13.8 Å². The van der Waals surface area contributed by atoms with Crippen molar-refractivity contribution >= 4 is 28.7 Å². The van der Waals surface area contributed by atoms with Crippen molar-refractivity contribution in [3.05, 3.63) is 75.3 Å². The molecule has 0 bridgehead atoms. The first-order chi connectivity index (χ1) is 14.8. The fourth-order valence-corrected chi connectivity index (χ4v) is 4.20. The van der Waals surface area contributed by atoms with Gasteiger partial charge in [-0.05, 0) is 91.1 Å². The van der Waals surface area contributed by atoms with Gasteiger partial charge in [-0.25, -0.2) is 0 Å². The van der Waals surface area contributed by atoms with Crippen molar-refractivity contribution in [1.82, 2.24) is 0 Å². The maximum absolute atomic E-state index is 13.1. The maximum atomic E-state index is 13.1. The second-order valence-corrected chi connectivity index (χ2v) is 8.85. The molecule has 0 radical (unpaired) electrons. The second kappa shape index (κ2) is 12.0. The molecular weight excluding hydrogens is 404 g/mol. The lowest BCUT2D eigenvalue weighted by molar-refractivity contribution is -0.119. The summed E-state index contributed by atoms with van der Waals surface area (Å²) in [5.74, 6) is 0.432. The van der Waals surface area contributed by atoms with Crippen LogP contribution in [0.2, 0.25) is 5.02 Å². The van der Waals surface area contributed by atoms with E-state index in [9.17, 15) is 9.59 Å². The molecule has 0 N–H and O–H groups in total. The van der Waals surface area contributed by atoms with E-state index in [4.69, 9.17) is 11.6 Å². The van der Waals surface area contributed by atoms with Gasteiger partial charge in [-0.3, -0.25) is 9.59 Å². The summed E-state index contributed by atoms with van der Waals surface area (Å²) in [5.41, 5.74) is 7.16.